The Kier molecular flexibility index (Phi) is 5.88. The number of piperidine rings is 1. The monoisotopic (exact) mass is 286 g/mol. The highest BCUT2D eigenvalue weighted by Gasteiger charge is 2.25. The Morgan fingerprint density at radius 1 is 1.47 bits per heavy atom. The van der Waals surface area contributed by atoms with E-state index in [1.54, 1.807) is 0 Å². The quantitative estimate of drug-likeness (QED) is 0.928. The van der Waals surface area contributed by atoms with Gasteiger partial charge in [0.05, 0.1) is 0 Å². The summed E-state index contributed by atoms with van der Waals surface area (Å²) in [4.78, 5) is 14.2. The lowest BCUT2D eigenvalue weighted by molar-refractivity contribution is 0.0669. The highest BCUT2D eigenvalue weighted by molar-refractivity contribution is 5.91. The zero-order chi connectivity index (χ0) is 13.1. The van der Waals surface area contributed by atoms with Crippen LogP contribution in [0.1, 0.15) is 41.6 Å². The van der Waals surface area contributed by atoms with E-state index in [4.69, 9.17) is 4.42 Å². The van der Waals surface area contributed by atoms with Crippen molar-refractivity contribution in [3.63, 3.8) is 0 Å². The Morgan fingerprint density at radius 2 is 2.11 bits per heavy atom. The Labute approximate surface area is 120 Å². The minimum absolute atomic E-state index is 0. The molecule has 0 spiro atoms. The summed E-state index contributed by atoms with van der Waals surface area (Å²) in [5.41, 5.74) is 1.07. The fourth-order valence-corrected chi connectivity index (χ4v) is 2.51. The summed E-state index contributed by atoms with van der Waals surface area (Å²) in [7, 11) is 1.88. The maximum Gasteiger partial charge on any atom is 0.289 e. The minimum Gasteiger partial charge on any atom is -0.456 e. The highest BCUT2D eigenvalue weighted by Crippen LogP contribution is 2.19. The summed E-state index contributed by atoms with van der Waals surface area (Å²) in [6.45, 7) is 6.00. The van der Waals surface area contributed by atoms with Crippen molar-refractivity contribution in [1.82, 2.24) is 10.2 Å². The number of halogens is 1. The molecule has 1 aliphatic heterocycles. The predicted octanol–water partition coefficient (Wildman–Crippen LogP) is 2.40. The van der Waals surface area contributed by atoms with Gasteiger partial charge in [0.25, 0.3) is 5.91 Å². The smallest absolute Gasteiger partial charge is 0.289 e. The van der Waals surface area contributed by atoms with Crippen LogP contribution >= 0.6 is 12.4 Å². The van der Waals surface area contributed by atoms with Crippen molar-refractivity contribution in [3.8, 4) is 0 Å². The summed E-state index contributed by atoms with van der Waals surface area (Å²) in [6.07, 6.45) is 2.86. The zero-order valence-electron chi connectivity index (χ0n) is 11.9. The zero-order valence-corrected chi connectivity index (χ0v) is 12.7. The van der Waals surface area contributed by atoms with Gasteiger partial charge in [-0.15, -0.1) is 12.4 Å². The summed E-state index contributed by atoms with van der Waals surface area (Å²) < 4.78 is 5.63. The molecule has 0 unspecified atom stereocenters. The molecule has 1 amide bonds. The van der Waals surface area contributed by atoms with Crippen LogP contribution in [-0.4, -0.2) is 37.0 Å². The second-order valence-electron chi connectivity index (χ2n) is 4.97. The molecule has 0 aliphatic carbocycles. The predicted molar refractivity (Wildman–Crippen MR) is 78.1 cm³/mol. The van der Waals surface area contributed by atoms with Gasteiger partial charge in [-0.05, 0) is 44.5 Å². The number of aryl methyl sites for hydroxylation is 2. The molecule has 2 rings (SSSR count). The van der Waals surface area contributed by atoms with E-state index in [9.17, 15) is 4.79 Å². The fraction of sp³-hybridized carbons (Fsp3) is 0.643. The standard InChI is InChI=1S/C14H22N2O2.ClH/c1-4-12-10(2)9-13(18-12)14(17)16(3)11-5-7-15-8-6-11;/h9,11,15H,4-8H2,1-3H3;1H. The summed E-state index contributed by atoms with van der Waals surface area (Å²) in [5.74, 6) is 1.40. The minimum atomic E-state index is 0. The number of carbonyl (C=O) groups excluding carboxylic acids is 1. The molecule has 1 fully saturated rings. The fourth-order valence-electron chi connectivity index (χ4n) is 2.51. The third kappa shape index (κ3) is 3.51. The van der Waals surface area contributed by atoms with Crippen LogP contribution in [0.5, 0.6) is 0 Å². The molecule has 1 saturated heterocycles. The van der Waals surface area contributed by atoms with Crippen LogP contribution in [0.2, 0.25) is 0 Å². The van der Waals surface area contributed by atoms with Gasteiger partial charge >= 0.3 is 0 Å². The first-order valence-corrected chi connectivity index (χ1v) is 6.70. The molecule has 0 aromatic carbocycles. The summed E-state index contributed by atoms with van der Waals surface area (Å²) >= 11 is 0. The van der Waals surface area contributed by atoms with E-state index in [-0.39, 0.29) is 18.3 Å². The van der Waals surface area contributed by atoms with E-state index in [0.717, 1.165) is 43.7 Å². The average molecular weight is 287 g/mol. The van der Waals surface area contributed by atoms with Crippen molar-refractivity contribution in [2.75, 3.05) is 20.1 Å². The van der Waals surface area contributed by atoms with Gasteiger partial charge in [0, 0.05) is 19.5 Å². The van der Waals surface area contributed by atoms with Gasteiger partial charge in [0.2, 0.25) is 0 Å². The maximum atomic E-state index is 12.3. The number of hydrogen-bond donors (Lipinski definition) is 1. The van der Waals surface area contributed by atoms with Gasteiger partial charge in [0.15, 0.2) is 5.76 Å². The summed E-state index contributed by atoms with van der Waals surface area (Å²) in [5, 5.41) is 3.31. The Bertz CT molecular complexity index is 425. The first-order valence-electron chi connectivity index (χ1n) is 6.70. The molecule has 108 valence electrons. The number of rotatable bonds is 3. The molecular formula is C14H23ClN2O2. The Hall–Kier alpha value is -1.00. The van der Waals surface area contributed by atoms with Crippen molar-refractivity contribution in [2.24, 2.45) is 0 Å². The SMILES string of the molecule is CCc1oc(C(=O)N(C)C2CCNCC2)cc1C.Cl. The van der Waals surface area contributed by atoms with E-state index < -0.39 is 0 Å². The van der Waals surface area contributed by atoms with Gasteiger partial charge in [-0.25, -0.2) is 0 Å². The number of carbonyl (C=O) groups is 1. The summed E-state index contributed by atoms with van der Waals surface area (Å²) in [6, 6.07) is 2.19. The second kappa shape index (κ2) is 6.96. The molecule has 0 radical (unpaired) electrons. The van der Waals surface area contributed by atoms with Gasteiger partial charge in [0.1, 0.15) is 5.76 Å². The van der Waals surface area contributed by atoms with Gasteiger partial charge in [-0.1, -0.05) is 6.92 Å². The van der Waals surface area contributed by atoms with E-state index in [2.05, 4.69) is 5.32 Å². The average Bonchev–Trinajstić information content (AvgIpc) is 2.79. The molecule has 2 heterocycles. The van der Waals surface area contributed by atoms with E-state index in [1.165, 1.54) is 0 Å². The normalized spacial score (nSPS) is 15.9. The second-order valence-corrected chi connectivity index (χ2v) is 4.97. The van der Waals surface area contributed by atoms with Crippen LogP contribution in [0.4, 0.5) is 0 Å². The molecule has 1 N–H and O–H groups in total. The molecule has 4 nitrogen and oxygen atoms in total. The van der Waals surface area contributed by atoms with Crippen molar-refractivity contribution < 1.29 is 9.21 Å². The number of furan rings is 1. The lowest BCUT2D eigenvalue weighted by atomic mass is 10.1. The van der Waals surface area contributed by atoms with Crippen LogP contribution < -0.4 is 5.32 Å². The van der Waals surface area contributed by atoms with Crippen LogP contribution in [0.15, 0.2) is 10.5 Å². The van der Waals surface area contributed by atoms with Gasteiger partial charge < -0.3 is 14.6 Å². The van der Waals surface area contributed by atoms with E-state index in [1.807, 2.05) is 31.9 Å². The molecule has 1 aromatic heterocycles. The van der Waals surface area contributed by atoms with Crippen LogP contribution in [0.25, 0.3) is 0 Å². The number of amides is 1. The Balaban J connectivity index is 0.00000180. The lowest BCUT2D eigenvalue weighted by Crippen LogP contribution is -2.43. The molecule has 5 heteroatoms. The lowest BCUT2D eigenvalue weighted by Gasteiger charge is -2.31. The van der Waals surface area contributed by atoms with Crippen LogP contribution in [-0.2, 0) is 6.42 Å². The van der Waals surface area contributed by atoms with Gasteiger partial charge in [-0.2, -0.15) is 0 Å². The number of nitrogens with one attached hydrogen (secondary N) is 1. The third-order valence-electron chi connectivity index (χ3n) is 3.73. The largest absolute Gasteiger partial charge is 0.456 e. The van der Waals surface area contributed by atoms with E-state index in [0.29, 0.717) is 11.8 Å². The number of hydrogen-bond acceptors (Lipinski definition) is 3. The van der Waals surface area contributed by atoms with Crippen molar-refractivity contribution in [3.05, 3.63) is 23.2 Å². The molecular weight excluding hydrogens is 264 g/mol. The Morgan fingerprint density at radius 3 is 2.63 bits per heavy atom. The third-order valence-corrected chi connectivity index (χ3v) is 3.73. The van der Waals surface area contributed by atoms with Crippen LogP contribution in [0, 0.1) is 6.92 Å². The van der Waals surface area contributed by atoms with E-state index >= 15 is 0 Å². The maximum absolute atomic E-state index is 12.3. The van der Waals surface area contributed by atoms with Crippen molar-refractivity contribution in [1.29, 1.82) is 0 Å². The van der Waals surface area contributed by atoms with Crippen molar-refractivity contribution >= 4 is 18.3 Å². The van der Waals surface area contributed by atoms with Crippen LogP contribution in [0.3, 0.4) is 0 Å². The highest BCUT2D eigenvalue weighted by atomic mass is 35.5. The first kappa shape index (κ1) is 16.1. The molecule has 0 atom stereocenters. The molecule has 0 saturated carbocycles. The molecule has 19 heavy (non-hydrogen) atoms. The molecule has 1 aliphatic rings. The number of nitrogens with zero attached hydrogens (tertiary/aromatic N) is 1. The molecule has 0 bridgehead atoms. The first-order chi connectivity index (χ1) is 8.63. The van der Waals surface area contributed by atoms with Gasteiger partial charge in [-0.3, -0.25) is 4.79 Å². The van der Waals surface area contributed by atoms with Crippen molar-refractivity contribution in [2.45, 2.75) is 39.2 Å². The topological polar surface area (TPSA) is 45.5 Å². The molecule has 1 aromatic rings.